The molecule has 3 rings (SSSR count). The molecule has 0 saturated heterocycles. The number of pyridine rings is 1. The molecule has 0 bridgehead atoms. The van der Waals surface area contributed by atoms with E-state index >= 15 is 0 Å². The molecule has 5 N–H and O–H groups in total. The number of carboxylic acid groups (broad SMARTS) is 3. The third-order valence-electron chi connectivity index (χ3n) is 8.35. The summed E-state index contributed by atoms with van der Waals surface area (Å²) in [7, 11) is 1.66. The summed E-state index contributed by atoms with van der Waals surface area (Å²) < 4.78 is 5.45. The van der Waals surface area contributed by atoms with Gasteiger partial charge in [-0.1, -0.05) is 63.0 Å². The van der Waals surface area contributed by atoms with E-state index in [9.17, 15) is 24.3 Å². The van der Waals surface area contributed by atoms with Crippen LogP contribution in [0.5, 0.6) is 5.75 Å². The third kappa shape index (κ3) is 14.7. The van der Waals surface area contributed by atoms with Gasteiger partial charge in [0.2, 0.25) is 5.91 Å². The third-order valence-corrected chi connectivity index (χ3v) is 8.58. The average molecular weight is 716 g/mol. The number of nitrogens with zero attached hydrogens (tertiary/aromatic N) is 3. The zero-order valence-electron chi connectivity index (χ0n) is 28.8. The normalized spacial score (nSPS) is 11.4. The molecule has 2 aromatic carbocycles. The van der Waals surface area contributed by atoms with Crippen molar-refractivity contribution in [3.63, 3.8) is 0 Å². The first kappa shape index (κ1) is 40.2. The van der Waals surface area contributed by atoms with Crippen LogP contribution in [-0.4, -0.2) is 113 Å². The van der Waals surface area contributed by atoms with Gasteiger partial charge in [-0.25, -0.2) is 4.98 Å². The fraction of sp³-hybridized carbons (Fsp3) is 0.528. The number of carboxylic acids is 3. The van der Waals surface area contributed by atoms with Gasteiger partial charge in [-0.3, -0.25) is 29.0 Å². The summed E-state index contributed by atoms with van der Waals surface area (Å²) in [4.78, 5) is 52.9. The zero-order chi connectivity index (χ0) is 36.3. The van der Waals surface area contributed by atoms with E-state index in [-0.39, 0.29) is 25.5 Å². The van der Waals surface area contributed by atoms with E-state index in [1.807, 2.05) is 36.4 Å². The summed E-state index contributed by atoms with van der Waals surface area (Å²) in [6.45, 7) is -0.162. The Bertz CT molecular complexity index is 1560. The average Bonchev–Trinajstić information content (AvgIpc) is 3.05. The number of carbonyl (C=O) groups is 4. The molecular formula is C36H50ClN5O8. The van der Waals surface area contributed by atoms with Crippen molar-refractivity contribution in [3.05, 3.63) is 41.4 Å². The van der Waals surface area contributed by atoms with Crippen LogP contribution in [0.4, 0.5) is 5.69 Å². The number of carbonyl (C=O) groups excluding carboxylic acids is 1. The fourth-order valence-corrected chi connectivity index (χ4v) is 6.03. The maximum atomic E-state index is 12.4. The molecule has 0 radical (unpaired) electrons. The number of amides is 1. The highest BCUT2D eigenvalue weighted by atomic mass is 35.5. The van der Waals surface area contributed by atoms with Crippen molar-refractivity contribution < 1.29 is 39.2 Å². The van der Waals surface area contributed by atoms with Crippen LogP contribution >= 0.6 is 11.6 Å². The van der Waals surface area contributed by atoms with E-state index in [2.05, 4.69) is 10.6 Å². The number of hydrogen-bond donors (Lipinski definition) is 5. The lowest BCUT2D eigenvalue weighted by atomic mass is 10.1. The van der Waals surface area contributed by atoms with Gasteiger partial charge in [0.1, 0.15) is 5.75 Å². The van der Waals surface area contributed by atoms with E-state index < -0.39 is 37.5 Å². The van der Waals surface area contributed by atoms with Gasteiger partial charge in [0.05, 0.1) is 50.0 Å². The Hall–Kier alpha value is -4.20. The second-order valence-corrected chi connectivity index (χ2v) is 12.9. The number of rotatable bonds is 26. The molecule has 0 atom stereocenters. The number of benzene rings is 2. The molecule has 0 aliphatic heterocycles. The van der Waals surface area contributed by atoms with E-state index in [0.29, 0.717) is 11.6 Å². The van der Waals surface area contributed by atoms with Crippen LogP contribution in [0, 0.1) is 0 Å². The first-order valence-electron chi connectivity index (χ1n) is 17.2. The van der Waals surface area contributed by atoms with Gasteiger partial charge >= 0.3 is 17.9 Å². The fourth-order valence-electron chi connectivity index (χ4n) is 5.86. The molecule has 1 amide bonds. The van der Waals surface area contributed by atoms with Crippen LogP contribution in [0.2, 0.25) is 5.02 Å². The number of nitrogens with one attached hydrogen (secondary N) is 2. The first-order valence-corrected chi connectivity index (χ1v) is 17.6. The molecule has 3 aromatic rings. The number of unbranched alkanes of at least 4 members (excludes halogenated alkanes) is 9. The van der Waals surface area contributed by atoms with E-state index in [4.69, 9.17) is 31.5 Å². The molecule has 0 aliphatic carbocycles. The van der Waals surface area contributed by atoms with E-state index in [1.165, 1.54) is 35.5 Å². The zero-order valence-corrected chi connectivity index (χ0v) is 29.6. The standard InChI is InChI=1S/C36H50ClN5O8/c1-50-27-13-15-30-29(21-27)36(28-14-12-26(37)20-31(28)40-30)39-17-11-9-7-5-3-2-4-6-8-10-16-38-32(43)22-41(23-33(44)45)18-19-42(24-34(46)47)25-35(48)49/h12-15,20-21H,2-11,16-19,22-25H2,1H3,(H,38,43)(H,39,40)(H,44,45)(H,46,47)(H,48,49). The number of ether oxygens (including phenoxy) is 1. The molecule has 50 heavy (non-hydrogen) atoms. The number of aliphatic carboxylic acids is 3. The van der Waals surface area contributed by atoms with Gasteiger partial charge in [0, 0.05) is 42.0 Å². The molecule has 274 valence electrons. The molecule has 0 spiro atoms. The van der Waals surface area contributed by atoms with E-state index in [0.717, 1.165) is 78.3 Å². The van der Waals surface area contributed by atoms with Gasteiger partial charge in [-0.05, 0) is 49.2 Å². The van der Waals surface area contributed by atoms with E-state index in [1.54, 1.807) is 7.11 Å². The molecule has 0 aliphatic rings. The molecule has 0 unspecified atom stereocenters. The lowest BCUT2D eigenvalue weighted by molar-refractivity contribution is -0.143. The van der Waals surface area contributed by atoms with Crippen molar-refractivity contribution in [2.24, 2.45) is 0 Å². The molecule has 14 heteroatoms. The summed E-state index contributed by atoms with van der Waals surface area (Å²) in [5, 5.41) is 36.3. The van der Waals surface area contributed by atoms with Crippen molar-refractivity contribution in [3.8, 4) is 5.75 Å². The minimum Gasteiger partial charge on any atom is -0.497 e. The van der Waals surface area contributed by atoms with Crippen LogP contribution in [0.25, 0.3) is 21.8 Å². The lowest BCUT2D eigenvalue weighted by Crippen LogP contribution is -2.45. The smallest absolute Gasteiger partial charge is 0.317 e. The largest absolute Gasteiger partial charge is 0.497 e. The maximum Gasteiger partial charge on any atom is 0.317 e. The molecule has 0 fully saturated rings. The Morgan fingerprint density at radius 2 is 1.22 bits per heavy atom. The maximum absolute atomic E-state index is 12.4. The Morgan fingerprint density at radius 1 is 0.680 bits per heavy atom. The predicted octanol–water partition coefficient (Wildman–Crippen LogP) is 5.34. The van der Waals surface area contributed by atoms with Crippen molar-refractivity contribution in [1.82, 2.24) is 20.1 Å². The first-order chi connectivity index (χ1) is 24.0. The van der Waals surface area contributed by atoms with Gasteiger partial charge < -0.3 is 30.7 Å². The Kier molecular flexibility index (Phi) is 17.5. The highest BCUT2D eigenvalue weighted by molar-refractivity contribution is 6.31. The molecule has 0 saturated carbocycles. The minimum atomic E-state index is -1.19. The number of fused-ring (bicyclic) bond motifs is 2. The van der Waals surface area contributed by atoms with Gasteiger partial charge in [-0.2, -0.15) is 0 Å². The van der Waals surface area contributed by atoms with Crippen LogP contribution in [0.15, 0.2) is 36.4 Å². The van der Waals surface area contributed by atoms with Crippen molar-refractivity contribution >= 4 is 62.9 Å². The van der Waals surface area contributed by atoms with Crippen LogP contribution in [0.1, 0.15) is 64.2 Å². The number of methoxy groups -OCH3 is 1. The van der Waals surface area contributed by atoms with Crippen molar-refractivity contribution in [2.45, 2.75) is 64.2 Å². The SMILES string of the molecule is COc1ccc2nc3cc(Cl)ccc3c(NCCCCCCCCCCCCNC(=O)CN(CCN(CC(=O)O)CC(=O)O)CC(=O)O)c2c1. The summed E-state index contributed by atoms with van der Waals surface area (Å²) >= 11 is 6.24. The van der Waals surface area contributed by atoms with Crippen molar-refractivity contribution in [2.75, 3.05) is 64.8 Å². The van der Waals surface area contributed by atoms with Gasteiger partial charge in [-0.15, -0.1) is 0 Å². The summed E-state index contributed by atoms with van der Waals surface area (Å²) in [6, 6.07) is 11.7. The van der Waals surface area contributed by atoms with Crippen LogP contribution < -0.4 is 15.4 Å². The number of aromatic nitrogens is 1. The second-order valence-electron chi connectivity index (χ2n) is 12.4. The molecular weight excluding hydrogens is 666 g/mol. The highest BCUT2D eigenvalue weighted by Gasteiger charge is 2.18. The number of halogens is 1. The summed E-state index contributed by atoms with van der Waals surface area (Å²) in [5.41, 5.74) is 2.81. The van der Waals surface area contributed by atoms with Crippen molar-refractivity contribution in [1.29, 1.82) is 0 Å². The molecule has 1 heterocycles. The number of hydrogen-bond acceptors (Lipinski definition) is 9. The highest BCUT2D eigenvalue weighted by Crippen LogP contribution is 2.34. The Balaban J connectivity index is 1.25. The van der Waals surface area contributed by atoms with Gasteiger partial charge in [0.15, 0.2) is 0 Å². The van der Waals surface area contributed by atoms with Gasteiger partial charge in [0.25, 0.3) is 0 Å². The lowest BCUT2D eigenvalue weighted by Gasteiger charge is -2.24. The predicted molar refractivity (Wildman–Crippen MR) is 194 cm³/mol. The number of anilines is 1. The topological polar surface area (TPSA) is 182 Å². The molecule has 13 nitrogen and oxygen atoms in total. The van der Waals surface area contributed by atoms with Crippen LogP contribution in [-0.2, 0) is 19.2 Å². The summed E-state index contributed by atoms with van der Waals surface area (Å²) in [5.74, 6) is -3.04. The molecule has 1 aromatic heterocycles. The second kappa shape index (κ2) is 21.8. The minimum absolute atomic E-state index is 0.00465. The Morgan fingerprint density at radius 3 is 1.78 bits per heavy atom. The summed E-state index contributed by atoms with van der Waals surface area (Å²) in [6.07, 6.45) is 11.0. The monoisotopic (exact) mass is 715 g/mol. The Labute approximate surface area is 297 Å². The van der Waals surface area contributed by atoms with Crippen LogP contribution in [0.3, 0.4) is 0 Å². The quantitative estimate of drug-likeness (QED) is 0.0533.